The van der Waals surface area contributed by atoms with Crippen LogP contribution in [0.5, 0.6) is 0 Å². The van der Waals surface area contributed by atoms with Gasteiger partial charge >= 0.3 is 6.03 Å². The van der Waals surface area contributed by atoms with Crippen molar-refractivity contribution in [2.24, 2.45) is 0 Å². The van der Waals surface area contributed by atoms with Gasteiger partial charge in [-0.15, -0.1) is 0 Å². The SMILES string of the molecule is CCNC(=O)NC(=O)C(c1ccccc1)N(C)Cc1ccc(Br)cc1. The van der Waals surface area contributed by atoms with Gasteiger partial charge in [0.25, 0.3) is 0 Å². The number of halogens is 1. The number of nitrogens with one attached hydrogen (secondary N) is 2. The van der Waals surface area contributed by atoms with Crippen molar-refractivity contribution >= 4 is 27.9 Å². The Labute approximate surface area is 156 Å². The fourth-order valence-electron chi connectivity index (χ4n) is 2.60. The van der Waals surface area contributed by atoms with E-state index in [0.29, 0.717) is 13.1 Å². The number of hydrogen-bond acceptors (Lipinski definition) is 3. The highest BCUT2D eigenvalue weighted by Crippen LogP contribution is 2.22. The molecule has 1 atom stereocenters. The zero-order chi connectivity index (χ0) is 18.2. The third-order valence-electron chi connectivity index (χ3n) is 3.72. The lowest BCUT2D eigenvalue weighted by Crippen LogP contribution is -2.45. The second-order valence-electron chi connectivity index (χ2n) is 5.70. The van der Waals surface area contributed by atoms with Crippen LogP contribution in [0.3, 0.4) is 0 Å². The Bertz CT molecular complexity index is 704. The maximum atomic E-state index is 12.7. The van der Waals surface area contributed by atoms with Gasteiger partial charge in [-0.05, 0) is 37.2 Å². The van der Waals surface area contributed by atoms with Crippen LogP contribution in [0, 0.1) is 0 Å². The second-order valence-corrected chi connectivity index (χ2v) is 6.62. The van der Waals surface area contributed by atoms with Crippen LogP contribution in [0.4, 0.5) is 4.79 Å². The van der Waals surface area contributed by atoms with E-state index < -0.39 is 12.1 Å². The van der Waals surface area contributed by atoms with Crippen LogP contribution >= 0.6 is 15.9 Å². The molecule has 2 rings (SSSR count). The number of rotatable bonds is 6. The van der Waals surface area contributed by atoms with Crippen LogP contribution in [0.1, 0.15) is 24.1 Å². The molecule has 0 fully saturated rings. The Morgan fingerprint density at radius 1 is 1.08 bits per heavy atom. The molecular formula is C19H22BrN3O2. The number of benzene rings is 2. The van der Waals surface area contributed by atoms with Crippen molar-refractivity contribution in [1.82, 2.24) is 15.5 Å². The number of hydrogen-bond donors (Lipinski definition) is 2. The summed E-state index contributed by atoms with van der Waals surface area (Å²) in [4.78, 5) is 26.4. The zero-order valence-corrected chi connectivity index (χ0v) is 15.9. The van der Waals surface area contributed by atoms with Crippen LogP contribution in [0.25, 0.3) is 0 Å². The molecule has 132 valence electrons. The van der Waals surface area contributed by atoms with E-state index in [1.165, 1.54) is 0 Å². The summed E-state index contributed by atoms with van der Waals surface area (Å²) in [5.41, 5.74) is 1.92. The molecule has 0 saturated carbocycles. The average Bonchev–Trinajstić information content (AvgIpc) is 2.58. The molecule has 0 heterocycles. The lowest BCUT2D eigenvalue weighted by atomic mass is 10.0. The highest BCUT2D eigenvalue weighted by molar-refractivity contribution is 9.10. The van der Waals surface area contributed by atoms with Gasteiger partial charge in [0, 0.05) is 17.6 Å². The maximum Gasteiger partial charge on any atom is 0.321 e. The van der Waals surface area contributed by atoms with Crippen molar-refractivity contribution < 1.29 is 9.59 Å². The van der Waals surface area contributed by atoms with Gasteiger partial charge in [-0.1, -0.05) is 58.4 Å². The summed E-state index contributed by atoms with van der Waals surface area (Å²) in [5.74, 6) is -0.350. The number of imide groups is 1. The van der Waals surface area contributed by atoms with Crippen molar-refractivity contribution in [2.75, 3.05) is 13.6 Å². The van der Waals surface area contributed by atoms with Crippen LogP contribution in [0.15, 0.2) is 59.1 Å². The molecule has 5 nitrogen and oxygen atoms in total. The van der Waals surface area contributed by atoms with E-state index in [-0.39, 0.29) is 5.91 Å². The Kier molecular flexibility index (Phi) is 7.16. The van der Waals surface area contributed by atoms with E-state index in [4.69, 9.17) is 0 Å². The Hall–Kier alpha value is -2.18. The minimum atomic E-state index is -0.563. The number of carbonyl (C=O) groups excluding carboxylic acids is 2. The molecule has 6 heteroatoms. The number of amides is 3. The second kappa shape index (κ2) is 9.34. The number of likely N-dealkylation sites (N-methyl/N-ethyl adjacent to an activating group) is 1. The lowest BCUT2D eigenvalue weighted by Gasteiger charge is -2.27. The summed E-state index contributed by atoms with van der Waals surface area (Å²) in [6.45, 7) is 2.85. The normalized spacial score (nSPS) is 11.8. The summed E-state index contributed by atoms with van der Waals surface area (Å²) in [5, 5.41) is 5.00. The fourth-order valence-corrected chi connectivity index (χ4v) is 2.86. The molecule has 0 aliphatic carbocycles. The summed E-state index contributed by atoms with van der Waals surface area (Å²) >= 11 is 3.42. The van der Waals surface area contributed by atoms with Gasteiger partial charge in [-0.2, -0.15) is 0 Å². The molecular weight excluding hydrogens is 382 g/mol. The first-order valence-corrected chi connectivity index (χ1v) is 8.89. The van der Waals surface area contributed by atoms with Crippen molar-refractivity contribution in [3.8, 4) is 0 Å². The van der Waals surface area contributed by atoms with Gasteiger partial charge in [0.1, 0.15) is 6.04 Å². The third-order valence-corrected chi connectivity index (χ3v) is 4.25. The molecule has 25 heavy (non-hydrogen) atoms. The number of carbonyl (C=O) groups is 2. The van der Waals surface area contributed by atoms with Crippen LogP contribution in [-0.2, 0) is 11.3 Å². The summed E-state index contributed by atoms with van der Waals surface area (Å²) in [7, 11) is 1.87. The minimum Gasteiger partial charge on any atom is -0.338 e. The third kappa shape index (κ3) is 5.69. The van der Waals surface area contributed by atoms with Gasteiger partial charge in [0.2, 0.25) is 5.91 Å². The lowest BCUT2D eigenvalue weighted by molar-refractivity contribution is -0.125. The highest BCUT2D eigenvalue weighted by atomic mass is 79.9. The molecule has 0 radical (unpaired) electrons. The molecule has 2 N–H and O–H groups in total. The molecule has 0 aliphatic heterocycles. The van der Waals surface area contributed by atoms with Crippen LogP contribution in [0.2, 0.25) is 0 Å². The van der Waals surface area contributed by atoms with Gasteiger partial charge in [-0.25, -0.2) is 4.79 Å². The van der Waals surface area contributed by atoms with Gasteiger partial charge < -0.3 is 5.32 Å². The van der Waals surface area contributed by atoms with Gasteiger partial charge in [0.05, 0.1) is 0 Å². The first-order valence-electron chi connectivity index (χ1n) is 8.09. The van der Waals surface area contributed by atoms with Crippen molar-refractivity contribution in [1.29, 1.82) is 0 Å². The van der Waals surface area contributed by atoms with Gasteiger partial charge in [-0.3, -0.25) is 15.0 Å². The predicted molar refractivity (Wildman–Crippen MR) is 102 cm³/mol. The molecule has 1 unspecified atom stereocenters. The van der Waals surface area contributed by atoms with E-state index in [9.17, 15) is 9.59 Å². The molecule has 2 aromatic rings. The number of urea groups is 1. The first-order chi connectivity index (χ1) is 12.0. The monoisotopic (exact) mass is 403 g/mol. The summed E-state index contributed by atoms with van der Waals surface area (Å²) in [6, 6.07) is 16.3. The Morgan fingerprint density at radius 2 is 1.72 bits per heavy atom. The predicted octanol–water partition coefficient (Wildman–Crippen LogP) is 3.47. The van der Waals surface area contributed by atoms with E-state index in [2.05, 4.69) is 26.6 Å². The summed E-state index contributed by atoms with van der Waals surface area (Å²) in [6.07, 6.45) is 0. The van der Waals surface area contributed by atoms with Crippen molar-refractivity contribution in [3.05, 3.63) is 70.2 Å². The minimum absolute atomic E-state index is 0.350. The van der Waals surface area contributed by atoms with E-state index in [0.717, 1.165) is 15.6 Å². The topological polar surface area (TPSA) is 61.4 Å². The average molecular weight is 404 g/mol. The van der Waals surface area contributed by atoms with Crippen LogP contribution < -0.4 is 10.6 Å². The zero-order valence-electron chi connectivity index (χ0n) is 14.3. The first kappa shape index (κ1) is 19.1. The highest BCUT2D eigenvalue weighted by Gasteiger charge is 2.26. The maximum absolute atomic E-state index is 12.7. The molecule has 0 saturated heterocycles. The van der Waals surface area contributed by atoms with Crippen molar-refractivity contribution in [2.45, 2.75) is 19.5 Å². The van der Waals surface area contributed by atoms with E-state index in [1.54, 1.807) is 6.92 Å². The largest absolute Gasteiger partial charge is 0.338 e. The molecule has 0 bridgehead atoms. The molecule has 0 aliphatic rings. The van der Waals surface area contributed by atoms with Crippen molar-refractivity contribution in [3.63, 3.8) is 0 Å². The molecule has 3 amide bonds. The van der Waals surface area contributed by atoms with E-state index in [1.807, 2.05) is 66.5 Å². The Balaban J connectivity index is 2.20. The molecule has 0 spiro atoms. The van der Waals surface area contributed by atoms with Crippen LogP contribution in [-0.4, -0.2) is 30.4 Å². The molecule has 0 aromatic heterocycles. The Morgan fingerprint density at radius 3 is 2.32 bits per heavy atom. The fraction of sp³-hybridized carbons (Fsp3) is 0.263. The van der Waals surface area contributed by atoms with E-state index >= 15 is 0 Å². The summed E-state index contributed by atoms with van der Waals surface area (Å²) < 4.78 is 1.01. The smallest absolute Gasteiger partial charge is 0.321 e. The number of nitrogens with zero attached hydrogens (tertiary/aromatic N) is 1. The van der Waals surface area contributed by atoms with Gasteiger partial charge in [0.15, 0.2) is 0 Å². The standard InChI is InChI=1S/C19H22BrN3O2/c1-3-21-19(25)22-18(24)17(15-7-5-4-6-8-15)23(2)13-14-9-11-16(20)12-10-14/h4-12,17H,3,13H2,1-2H3,(H2,21,22,24,25). The quantitative estimate of drug-likeness (QED) is 0.775. The molecule has 2 aromatic carbocycles.